The first-order valence-electron chi connectivity index (χ1n) is 12.4. The molecule has 2 bridgehead atoms. The molecule has 1 aromatic carbocycles. The second-order valence-electron chi connectivity index (χ2n) is 10.5. The van der Waals surface area contributed by atoms with Crippen LogP contribution in [0.3, 0.4) is 0 Å². The molecule has 1 aromatic rings. The summed E-state index contributed by atoms with van der Waals surface area (Å²) in [6, 6.07) is 7.84. The third kappa shape index (κ3) is 4.28. The summed E-state index contributed by atoms with van der Waals surface area (Å²) in [5.41, 5.74) is 0.954. The van der Waals surface area contributed by atoms with Crippen LogP contribution < -0.4 is 4.74 Å². The molecule has 5 aliphatic rings. The first-order valence-corrected chi connectivity index (χ1v) is 12.4. The molecule has 0 saturated heterocycles. The van der Waals surface area contributed by atoms with Gasteiger partial charge in [0.25, 0.3) is 0 Å². The molecule has 2 heterocycles. The number of rotatable bonds is 1. The number of aliphatic hydroxyl groups excluding tert-OH is 1. The minimum atomic E-state index is -0.812. The highest BCUT2D eigenvalue weighted by molar-refractivity contribution is 5.97. The molecule has 9 atom stereocenters. The molecule has 0 unspecified atom stereocenters. The zero-order valence-electron chi connectivity index (χ0n) is 19.3. The average Bonchev–Trinajstić information content (AvgIpc) is 3.10. The Kier molecular flexibility index (Phi) is 6.17. The van der Waals surface area contributed by atoms with Gasteiger partial charge in [0.1, 0.15) is 30.7 Å². The Morgan fingerprint density at radius 2 is 1.88 bits per heavy atom. The summed E-state index contributed by atoms with van der Waals surface area (Å²) >= 11 is 0. The highest BCUT2D eigenvalue weighted by atomic mass is 16.5. The largest absolute Gasteiger partial charge is 0.490 e. The van der Waals surface area contributed by atoms with E-state index >= 15 is 0 Å². The zero-order valence-corrected chi connectivity index (χ0v) is 19.3. The van der Waals surface area contributed by atoms with E-state index in [4.69, 9.17) is 9.47 Å². The molecule has 2 saturated carbocycles. The van der Waals surface area contributed by atoms with Crippen molar-refractivity contribution in [3.05, 3.63) is 54.6 Å². The van der Waals surface area contributed by atoms with Crippen molar-refractivity contribution in [1.82, 2.24) is 0 Å². The van der Waals surface area contributed by atoms with Gasteiger partial charge in [-0.1, -0.05) is 43.7 Å². The van der Waals surface area contributed by atoms with Crippen LogP contribution in [0.25, 0.3) is 0 Å². The van der Waals surface area contributed by atoms with E-state index in [1.807, 2.05) is 30.3 Å². The molecule has 5 nitrogen and oxygen atoms in total. The maximum atomic E-state index is 13.6. The lowest BCUT2D eigenvalue weighted by atomic mass is 9.66. The van der Waals surface area contributed by atoms with Crippen molar-refractivity contribution in [2.45, 2.75) is 51.2 Å². The molecule has 3 aliphatic carbocycles. The molecule has 0 radical (unpaired) electrons. The standard InChI is InChI=1S/C28H34O5/c1-3-18-7-11-21-23-12-16(2)4-10-22(23)28-27(21)26(18)24(30)14-25(31)32-15-19(29)13-17-5-8-20(33-28)9-6-17/h3,5-9,11,16,18-19,21-23,26-29H,1,4,10,12-15H2,2H3/t16-,18+,19-,21+,22-,23+,26-,27+,28+/m1/s1. The summed E-state index contributed by atoms with van der Waals surface area (Å²) in [6.07, 6.45) is 8.88. The van der Waals surface area contributed by atoms with Crippen LogP contribution in [0.15, 0.2) is 49.1 Å². The van der Waals surface area contributed by atoms with Gasteiger partial charge in [0.2, 0.25) is 0 Å². The van der Waals surface area contributed by atoms with E-state index < -0.39 is 12.1 Å². The number of carbonyl (C=O) groups excluding carboxylic acids is 2. The number of hydrogen-bond acceptors (Lipinski definition) is 5. The number of carbonyl (C=O) groups is 2. The fraction of sp³-hybridized carbons (Fsp3) is 0.571. The van der Waals surface area contributed by atoms with Crippen LogP contribution in [-0.4, -0.2) is 35.7 Å². The number of benzene rings is 1. The van der Waals surface area contributed by atoms with E-state index in [1.165, 1.54) is 6.42 Å². The van der Waals surface area contributed by atoms with E-state index in [1.54, 1.807) is 0 Å². The smallest absolute Gasteiger partial charge is 0.313 e. The fourth-order valence-electron chi connectivity index (χ4n) is 6.95. The molecule has 2 aliphatic heterocycles. The van der Waals surface area contributed by atoms with E-state index in [9.17, 15) is 14.7 Å². The van der Waals surface area contributed by atoms with Crippen LogP contribution in [0.5, 0.6) is 5.75 Å². The zero-order chi connectivity index (χ0) is 23.1. The number of ketones is 1. The Morgan fingerprint density at radius 1 is 1.09 bits per heavy atom. The van der Waals surface area contributed by atoms with E-state index in [2.05, 4.69) is 25.7 Å². The fourth-order valence-corrected chi connectivity index (χ4v) is 6.95. The first-order chi connectivity index (χ1) is 15.9. The monoisotopic (exact) mass is 450 g/mol. The summed E-state index contributed by atoms with van der Waals surface area (Å²) in [6.45, 7) is 6.20. The van der Waals surface area contributed by atoms with Crippen LogP contribution in [0, 0.1) is 41.4 Å². The van der Waals surface area contributed by atoms with E-state index in [0.29, 0.717) is 24.2 Å². The highest BCUT2D eigenvalue weighted by Gasteiger charge is 2.58. The molecule has 6 rings (SSSR count). The maximum Gasteiger partial charge on any atom is 0.313 e. The lowest BCUT2D eigenvalue weighted by Gasteiger charge is -2.38. The number of aliphatic hydroxyl groups is 1. The molecular weight excluding hydrogens is 416 g/mol. The SMILES string of the molecule is C=C[C@H]1C=C[C@H]2[C@@H]3C[C@H](C)CC[C@H]3[C@@H]3Oc4ccc(cc4)C[C@@H](O)COC(=O)CC(=O)[C@@H]1[C@H]23. The Morgan fingerprint density at radius 3 is 2.64 bits per heavy atom. The number of esters is 1. The van der Waals surface area contributed by atoms with Crippen LogP contribution in [0.4, 0.5) is 0 Å². The number of ether oxygens (including phenoxy) is 2. The van der Waals surface area contributed by atoms with Crippen LogP contribution in [0.1, 0.15) is 38.2 Å². The molecule has 0 spiro atoms. The minimum absolute atomic E-state index is 0.00833. The van der Waals surface area contributed by atoms with Gasteiger partial charge in [-0.05, 0) is 54.2 Å². The molecule has 176 valence electrons. The molecule has 33 heavy (non-hydrogen) atoms. The topological polar surface area (TPSA) is 72.8 Å². The van der Waals surface area contributed by atoms with Gasteiger partial charge in [-0.3, -0.25) is 9.59 Å². The van der Waals surface area contributed by atoms with E-state index in [-0.39, 0.29) is 48.6 Å². The van der Waals surface area contributed by atoms with Crippen LogP contribution in [0.2, 0.25) is 0 Å². The number of allylic oxidation sites excluding steroid dienone is 3. The normalized spacial score (nSPS) is 40.6. The quantitative estimate of drug-likeness (QED) is 0.396. The third-order valence-corrected chi connectivity index (χ3v) is 8.41. The second kappa shape index (κ2) is 9.09. The summed E-state index contributed by atoms with van der Waals surface area (Å²) in [5.74, 6) is 1.46. The molecular formula is C28H34O5. The second-order valence-corrected chi connectivity index (χ2v) is 10.5. The van der Waals surface area contributed by atoms with E-state index in [0.717, 1.165) is 24.2 Å². The lowest BCUT2D eigenvalue weighted by molar-refractivity contribution is -0.150. The Hall–Kier alpha value is -2.40. The predicted molar refractivity (Wildman–Crippen MR) is 124 cm³/mol. The Labute approximate surface area is 195 Å². The van der Waals surface area contributed by atoms with Gasteiger partial charge in [0.05, 0.1) is 6.10 Å². The third-order valence-electron chi connectivity index (χ3n) is 8.41. The summed E-state index contributed by atoms with van der Waals surface area (Å²) in [7, 11) is 0. The van der Waals surface area contributed by atoms with Crippen LogP contribution in [-0.2, 0) is 20.7 Å². The highest BCUT2D eigenvalue weighted by Crippen LogP contribution is 2.57. The average molecular weight is 451 g/mol. The molecule has 1 N–H and O–H groups in total. The molecule has 0 aromatic heterocycles. The van der Waals surface area contributed by atoms with Crippen molar-refractivity contribution in [3.63, 3.8) is 0 Å². The number of fused-ring (bicyclic) bond motifs is 10. The summed E-state index contributed by atoms with van der Waals surface area (Å²) in [4.78, 5) is 26.1. The number of Topliss-reactive ketones (excluding diaryl/α,β-unsaturated/α-hetero) is 1. The van der Waals surface area contributed by atoms with Gasteiger partial charge in [0.15, 0.2) is 0 Å². The first kappa shape index (κ1) is 22.4. The lowest BCUT2D eigenvalue weighted by Crippen LogP contribution is -2.43. The van der Waals surface area contributed by atoms with Crippen molar-refractivity contribution in [2.24, 2.45) is 41.4 Å². The number of hydrogen-bond donors (Lipinski definition) is 1. The molecule has 0 amide bonds. The van der Waals surface area contributed by atoms with Gasteiger partial charge in [-0.15, -0.1) is 6.58 Å². The van der Waals surface area contributed by atoms with Gasteiger partial charge in [-0.2, -0.15) is 0 Å². The van der Waals surface area contributed by atoms with Gasteiger partial charge in [0, 0.05) is 24.2 Å². The minimum Gasteiger partial charge on any atom is -0.490 e. The predicted octanol–water partition coefficient (Wildman–Crippen LogP) is 4.14. The summed E-state index contributed by atoms with van der Waals surface area (Å²) < 4.78 is 12.0. The maximum absolute atomic E-state index is 13.6. The molecule has 5 heteroatoms. The van der Waals surface area contributed by atoms with Crippen molar-refractivity contribution in [3.8, 4) is 5.75 Å². The van der Waals surface area contributed by atoms with Gasteiger partial charge < -0.3 is 14.6 Å². The van der Waals surface area contributed by atoms with Gasteiger partial charge >= 0.3 is 5.97 Å². The van der Waals surface area contributed by atoms with Gasteiger partial charge in [-0.25, -0.2) is 0 Å². The molecule has 2 fully saturated rings. The Balaban J connectivity index is 1.56. The van der Waals surface area contributed by atoms with Crippen LogP contribution >= 0.6 is 0 Å². The van der Waals surface area contributed by atoms with Crippen molar-refractivity contribution < 1.29 is 24.2 Å². The summed E-state index contributed by atoms with van der Waals surface area (Å²) in [5, 5.41) is 10.3. The van der Waals surface area contributed by atoms with Crippen molar-refractivity contribution in [2.75, 3.05) is 6.61 Å². The Bertz CT molecular complexity index is 934. The van der Waals surface area contributed by atoms with Crippen molar-refractivity contribution in [1.29, 1.82) is 0 Å². The van der Waals surface area contributed by atoms with Crippen molar-refractivity contribution >= 4 is 11.8 Å².